The number of hydrogen-bond acceptors (Lipinski definition) is 2. The molecule has 3 heteroatoms. The maximum absolute atomic E-state index is 6.33. The molecule has 90 valence electrons. The normalized spacial score (nSPS) is 27.2. The van der Waals surface area contributed by atoms with Gasteiger partial charge in [0.2, 0.25) is 0 Å². The van der Waals surface area contributed by atoms with E-state index in [9.17, 15) is 0 Å². The Morgan fingerprint density at radius 2 is 2.38 bits per heavy atom. The predicted molar refractivity (Wildman–Crippen MR) is 74.8 cm³/mol. The molecule has 2 N–H and O–H groups in total. The fourth-order valence-electron chi connectivity index (χ4n) is 2.73. The van der Waals surface area contributed by atoms with Crippen molar-refractivity contribution in [3.8, 4) is 0 Å². The van der Waals surface area contributed by atoms with Crippen molar-refractivity contribution in [3.05, 3.63) is 20.8 Å². The lowest BCUT2D eigenvalue weighted by Crippen LogP contribution is -2.30. The molecule has 3 atom stereocenters. The second kappa shape index (κ2) is 5.65. The average molecular weight is 302 g/mol. The summed E-state index contributed by atoms with van der Waals surface area (Å²) in [6.07, 6.45) is 6.46. The first-order valence-electron chi connectivity index (χ1n) is 6.17. The maximum atomic E-state index is 6.33. The van der Waals surface area contributed by atoms with E-state index in [1.54, 1.807) is 0 Å². The Labute approximate surface area is 111 Å². The van der Waals surface area contributed by atoms with Crippen LogP contribution in [0.3, 0.4) is 0 Å². The lowest BCUT2D eigenvalue weighted by molar-refractivity contribution is 0.406. The number of halogens is 1. The van der Waals surface area contributed by atoms with Gasteiger partial charge in [0.25, 0.3) is 0 Å². The molecule has 1 aromatic rings. The summed E-state index contributed by atoms with van der Waals surface area (Å²) in [7, 11) is 0. The van der Waals surface area contributed by atoms with Crippen molar-refractivity contribution >= 4 is 27.3 Å². The summed E-state index contributed by atoms with van der Waals surface area (Å²) in [4.78, 5) is 1.42. The molecule has 1 aromatic heterocycles. The molecule has 0 aromatic carbocycles. The largest absolute Gasteiger partial charge is 0.327 e. The minimum atomic E-state index is 0.363. The molecule has 1 aliphatic rings. The lowest BCUT2D eigenvalue weighted by atomic mass is 9.94. The number of nitrogens with two attached hydrogens (primary N) is 1. The van der Waals surface area contributed by atoms with Gasteiger partial charge in [-0.15, -0.1) is 11.3 Å². The van der Waals surface area contributed by atoms with E-state index >= 15 is 0 Å². The summed E-state index contributed by atoms with van der Waals surface area (Å²) in [6.45, 7) is 2.30. The van der Waals surface area contributed by atoms with Crippen molar-refractivity contribution < 1.29 is 0 Å². The minimum Gasteiger partial charge on any atom is -0.327 e. The summed E-state index contributed by atoms with van der Waals surface area (Å²) in [6, 6.07) is 2.57. The fraction of sp³-hybridized carbons (Fsp3) is 0.692. The monoisotopic (exact) mass is 301 g/mol. The van der Waals surface area contributed by atoms with Gasteiger partial charge in [-0.25, -0.2) is 0 Å². The fourth-order valence-corrected chi connectivity index (χ4v) is 4.26. The first-order valence-corrected chi connectivity index (χ1v) is 7.84. The summed E-state index contributed by atoms with van der Waals surface area (Å²) in [5.74, 6) is 1.69. The molecule has 1 fully saturated rings. The van der Waals surface area contributed by atoms with Gasteiger partial charge in [-0.1, -0.05) is 19.8 Å². The quantitative estimate of drug-likeness (QED) is 0.886. The molecule has 0 radical (unpaired) electrons. The maximum Gasteiger partial charge on any atom is 0.0285 e. The van der Waals surface area contributed by atoms with Gasteiger partial charge in [0.05, 0.1) is 0 Å². The van der Waals surface area contributed by atoms with Crippen LogP contribution in [0.2, 0.25) is 0 Å². The van der Waals surface area contributed by atoms with Gasteiger partial charge in [0.1, 0.15) is 0 Å². The molecule has 1 heterocycles. The van der Waals surface area contributed by atoms with Crippen molar-refractivity contribution in [2.24, 2.45) is 17.6 Å². The zero-order valence-corrected chi connectivity index (χ0v) is 12.2. The van der Waals surface area contributed by atoms with E-state index < -0.39 is 0 Å². The number of rotatable bonds is 4. The highest BCUT2D eigenvalue weighted by Gasteiger charge is 2.28. The molecule has 0 bridgehead atoms. The number of thiophene rings is 1. The first kappa shape index (κ1) is 12.6. The second-order valence-corrected chi connectivity index (χ2v) is 6.86. The molecule has 3 unspecified atom stereocenters. The average Bonchev–Trinajstić information content (AvgIpc) is 2.87. The van der Waals surface area contributed by atoms with Crippen LogP contribution < -0.4 is 5.73 Å². The zero-order chi connectivity index (χ0) is 11.5. The highest BCUT2D eigenvalue weighted by molar-refractivity contribution is 9.10. The molecule has 0 aliphatic heterocycles. The highest BCUT2D eigenvalue weighted by Crippen LogP contribution is 2.35. The van der Waals surface area contributed by atoms with Gasteiger partial charge in [0.15, 0.2) is 0 Å². The van der Waals surface area contributed by atoms with Crippen LogP contribution in [-0.2, 0) is 6.42 Å². The predicted octanol–water partition coefficient (Wildman–Crippen LogP) is 4.21. The zero-order valence-electron chi connectivity index (χ0n) is 9.79. The number of hydrogen-bond donors (Lipinski definition) is 1. The van der Waals surface area contributed by atoms with Crippen LogP contribution in [0.25, 0.3) is 0 Å². The van der Waals surface area contributed by atoms with E-state index in [-0.39, 0.29) is 0 Å². The molecule has 1 saturated carbocycles. The third kappa shape index (κ3) is 3.08. The highest BCUT2D eigenvalue weighted by atomic mass is 79.9. The van der Waals surface area contributed by atoms with Gasteiger partial charge < -0.3 is 5.73 Å². The van der Waals surface area contributed by atoms with Gasteiger partial charge in [0, 0.05) is 20.8 Å². The van der Waals surface area contributed by atoms with E-state index in [4.69, 9.17) is 5.73 Å². The van der Waals surface area contributed by atoms with Crippen molar-refractivity contribution in [3.63, 3.8) is 0 Å². The van der Waals surface area contributed by atoms with E-state index in [0.717, 1.165) is 18.3 Å². The second-order valence-electron chi connectivity index (χ2n) is 4.95. The topological polar surface area (TPSA) is 26.0 Å². The third-order valence-electron chi connectivity index (χ3n) is 3.82. The van der Waals surface area contributed by atoms with Crippen LogP contribution in [0.1, 0.15) is 37.5 Å². The lowest BCUT2D eigenvalue weighted by Gasteiger charge is -2.18. The van der Waals surface area contributed by atoms with Crippen LogP contribution in [0.4, 0.5) is 0 Å². The Morgan fingerprint density at radius 1 is 1.56 bits per heavy atom. The first-order chi connectivity index (χ1) is 7.69. The van der Waals surface area contributed by atoms with E-state index in [0.29, 0.717) is 6.04 Å². The van der Waals surface area contributed by atoms with Gasteiger partial charge in [-0.2, -0.15) is 0 Å². The summed E-state index contributed by atoms with van der Waals surface area (Å²) >= 11 is 5.31. The Bertz CT molecular complexity index is 336. The van der Waals surface area contributed by atoms with Gasteiger partial charge in [-0.05, 0) is 53.1 Å². The molecule has 1 aliphatic carbocycles. The van der Waals surface area contributed by atoms with Crippen LogP contribution in [0.5, 0.6) is 0 Å². The SMILES string of the molecule is CCC1CCC(C(N)Cc2cc(Br)cs2)C1. The van der Waals surface area contributed by atoms with Crippen molar-refractivity contribution in [1.82, 2.24) is 0 Å². The standard InChI is InChI=1S/C13H20BrNS/c1-2-9-3-4-10(5-9)13(15)7-12-6-11(14)8-16-12/h6,8-10,13H,2-5,7,15H2,1H3. The molecule has 2 rings (SSSR count). The molecule has 1 nitrogen and oxygen atoms in total. The summed E-state index contributed by atoms with van der Waals surface area (Å²) in [5, 5.41) is 2.14. The minimum absolute atomic E-state index is 0.363. The van der Waals surface area contributed by atoms with E-state index in [2.05, 4.69) is 34.3 Å². The van der Waals surface area contributed by atoms with Crippen LogP contribution in [0, 0.1) is 11.8 Å². The van der Waals surface area contributed by atoms with Crippen molar-refractivity contribution in [2.75, 3.05) is 0 Å². The summed E-state index contributed by atoms with van der Waals surface area (Å²) in [5.41, 5.74) is 6.33. The van der Waals surface area contributed by atoms with E-state index in [1.165, 1.54) is 35.0 Å². The Kier molecular flexibility index (Phi) is 4.45. The molecule has 16 heavy (non-hydrogen) atoms. The van der Waals surface area contributed by atoms with Crippen molar-refractivity contribution in [1.29, 1.82) is 0 Å². The Balaban J connectivity index is 1.86. The van der Waals surface area contributed by atoms with Gasteiger partial charge in [-0.3, -0.25) is 0 Å². The van der Waals surface area contributed by atoms with Gasteiger partial charge >= 0.3 is 0 Å². The van der Waals surface area contributed by atoms with Crippen molar-refractivity contribution in [2.45, 2.75) is 45.1 Å². The third-order valence-corrected chi connectivity index (χ3v) is 5.54. The Morgan fingerprint density at radius 3 is 2.94 bits per heavy atom. The molecular weight excluding hydrogens is 282 g/mol. The Hall–Kier alpha value is 0.140. The van der Waals surface area contributed by atoms with Crippen LogP contribution in [-0.4, -0.2) is 6.04 Å². The molecular formula is C13H20BrNS. The summed E-state index contributed by atoms with van der Waals surface area (Å²) < 4.78 is 1.19. The van der Waals surface area contributed by atoms with Crippen LogP contribution in [0.15, 0.2) is 15.9 Å². The molecule has 0 spiro atoms. The smallest absolute Gasteiger partial charge is 0.0285 e. The van der Waals surface area contributed by atoms with E-state index in [1.807, 2.05) is 11.3 Å². The molecule has 0 saturated heterocycles. The molecule has 0 amide bonds. The van der Waals surface area contributed by atoms with Crippen LogP contribution >= 0.6 is 27.3 Å².